The van der Waals surface area contributed by atoms with Crippen LogP contribution in [0.5, 0.6) is 0 Å². The monoisotopic (exact) mass is 501 g/mol. The fourth-order valence-electron chi connectivity index (χ4n) is 3.75. The number of anilines is 1. The minimum Gasteiger partial charge on any atom is -0.444 e. The molecule has 0 saturated heterocycles. The van der Waals surface area contributed by atoms with E-state index in [2.05, 4.69) is 81.1 Å². The molecule has 0 saturated carbocycles. The molecular formula is C26H37N4O2S2+. The third-order valence-corrected chi connectivity index (χ3v) is 8.37. The summed E-state index contributed by atoms with van der Waals surface area (Å²) in [7, 11) is 0. The molecule has 0 bridgehead atoms. The van der Waals surface area contributed by atoms with Gasteiger partial charge in [0.2, 0.25) is 11.8 Å². The standard InChI is InChI=1S/C26H36N4O2S2/c1-7-30(8-2,9-3)17-20-12-10-19(11-13-20)14-22(31)29-25-28-16-24(34-25)33-18-23-27-15-21(32-23)26(4,5)6/h10-13,15-16H,7-9,14,17-18H2,1-6H3/p+1. The quantitative estimate of drug-likeness (QED) is 0.247. The van der Waals surface area contributed by atoms with E-state index in [0.29, 0.717) is 23.2 Å². The maximum Gasteiger partial charge on any atom is 0.230 e. The average molecular weight is 502 g/mol. The van der Waals surface area contributed by atoms with Crippen LogP contribution in [-0.4, -0.2) is 40.0 Å². The molecule has 3 rings (SSSR count). The minimum atomic E-state index is -0.0537. The van der Waals surface area contributed by atoms with Crippen LogP contribution in [0.1, 0.15) is 64.3 Å². The molecule has 1 amide bonds. The number of nitrogens with zero attached hydrogens (tertiary/aromatic N) is 3. The minimum absolute atomic E-state index is 0.0531. The zero-order valence-corrected chi connectivity index (χ0v) is 22.8. The Hall–Kier alpha value is -2.16. The van der Waals surface area contributed by atoms with Crippen molar-refractivity contribution < 1.29 is 13.7 Å². The second-order valence-corrected chi connectivity index (χ2v) is 11.9. The number of amides is 1. The molecule has 0 aliphatic heterocycles. The summed E-state index contributed by atoms with van der Waals surface area (Å²) in [5.74, 6) is 2.16. The van der Waals surface area contributed by atoms with E-state index in [0.717, 1.165) is 46.2 Å². The Labute approximate surface area is 211 Å². The molecule has 0 unspecified atom stereocenters. The number of hydrogen-bond acceptors (Lipinski definition) is 6. The molecule has 0 atom stereocenters. The van der Waals surface area contributed by atoms with E-state index in [4.69, 9.17) is 4.42 Å². The van der Waals surface area contributed by atoms with Crippen molar-refractivity contribution in [2.24, 2.45) is 0 Å². The predicted molar refractivity (Wildman–Crippen MR) is 141 cm³/mol. The molecule has 1 aromatic carbocycles. The van der Waals surface area contributed by atoms with E-state index < -0.39 is 0 Å². The van der Waals surface area contributed by atoms with E-state index in [1.807, 2.05) is 0 Å². The van der Waals surface area contributed by atoms with Crippen molar-refractivity contribution in [3.05, 3.63) is 59.4 Å². The molecule has 0 radical (unpaired) electrons. The van der Waals surface area contributed by atoms with Gasteiger partial charge in [-0.3, -0.25) is 4.79 Å². The third kappa shape index (κ3) is 7.17. The highest BCUT2D eigenvalue weighted by molar-refractivity contribution is 8.00. The van der Waals surface area contributed by atoms with Gasteiger partial charge in [-0.1, -0.05) is 56.4 Å². The van der Waals surface area contributed by atoms with E-state index >= 15 is 0 Å². The van der Waals surface area contributed by atoms with Gasteiger partial charge < -0.3 is 14.2 Å². The highest BCUT2D eigenvalue weighted by Crippen LogP contribution is 2.31. The molecule has 6 nitrogen and oxygen atoms in total. The summed E-state index contributed by atoms with van der Waals surface area (Å²) in [6.45, 7) is 17.5. The first kappa shape index (κ1) is 26.4. The molecule has 2 heterocycles. The molecule has 184 valence electrons. The smallest absolute Gasteiger partial charge is 0.230 e. The number of hydrogen-bond donors (Lipinski definition) is 1. The Morgan fingerprint density at radius 2 is 1.68 bits per heavy atom. The predicted octanol–water partition coefficient (Wildman–Crippen LogP) is 6.28. The average Bonchev–Trinajstić information content (AvgIpc) is 3.47. The van der Waals surface area contributed by atoms with Crippen molar-refractivity contribution in [1.29, 1.82) is 0 Å². The number of nitrogens with one attached hydrogen (secondary N) is 1. The highest BCUT2D eigenvalue weighted by Gasteiger charge is 2.21. The molecule has 8 heteroatoms. The molecule has 0 aliphatic rings. The summed E-state index contributed by atoms with van der Waals surface area (Å²) in [6.07, 6.45) is 3.92. The van der Waals surface area contributed by atoms with Crippen LogP contribution in [-0.2, 0) is 28.9 Å². The molecule has 0 spiro atoms. The van der Waals surface area contributed by atoms with Crippen molar-refractivity contribution in [3.63, 3.8) is 0 Å². The van der Waals surface area contributed by atoms with E-state index in [-0.39, 0.29) is 11.3 Å². The van der Waals surface area contributed by atoms with Gasteiger partial charge in [0.15, 0.2) is 5.13 Å². The van der Waals surface area contributed by atoms with Crippen LogP contribution in [0.3, 0.4) is 0 Å². The Bertz CT molecular complexity index is 1050. The second kappa shape index (κ2) is 11.5. The van der Waals surface area contributed by atoms with Crippen LogP contribution < -0.4 is 5.32 Å². The molecule has 0 aliphatic carbocycles. The van der Waals surface area contributed by atoms with E-state index in [1.165, 1.54) is 16.9 Å². The van der Waals surface area contributed by atoms with E-state index in [1.54, 1.807) is 24.2 Å². The number of carbonyl (C=O) groups excluding carboxylic acids is 1. The summed E-state index contributed by atoms with van der Waals surface area (Å²) in [6, 6.07) is 8.44. The fraction of sp³-hybridized carbons (Fsp3) is 0.500. The number of benzene rings is 1. The summed E-state index contributed by atoms with van der Waals surface area (Å²) < 4.78 is 7.94. The van der Waals surface area contributed by atoms with Gasteiger partial charge in [-0.15, -0.1) is 11.8 Å². The number of oxazole rings is 1. The van der Waals surface area contributed by atoms with E-state index in [9.17, 15) is 4.79 Å². The van der Waals surface area contributed by atoms with Gasteiger partial charge in [0, 0.05) is 11.0 Å². The Morgan fingerprint density at radius 3 is 2.26 bits per heavy atom. The molecule has 0 fully saturated rings. The molecule has 34 heavy (non-hydrogen) atoms. The van der Waals surface area contributed by atoms with Crippen molar-refractivity contribution in [2.75, 3.05) is 25.0 Å². The van der Waals surface area contributed by atoms with Gasteiger partial charge in [-0.05, 0) is 26.3 Å². The van der Waals surface area contributed by atoms with Gasteiger partial charge >= 0.3 is 0 Å². The number of quaternary nitrogens is 1. The van der Waals surface area contributed by atoms with Crippen LogP contribution in [0.15, 0.2) is 45.3 Å². The van der Waals surface area contributed by atoms with Gasteiger partial charge in [-0.2, -0.15) is 0 Å². The summed E-state index contributed by atoms with van der Waals surface area (Å²) in [5.41, 5.74) is 2.27. The second-order valence-electron chi connectivity index (χ2n) is 9.63. The first-order valence-corrected chi connectivity index (χ1v) is 13.7. The third-order valence-electron chi connectivity index (χ3n) is 6.28. The fourth-order valence-corrected chi connectivity index (χ4v) is 5.49. The van der Waals surface area contributed by atoms with Crippen LogP contribution in [0, 0.1) is 0 Å². The maximum absolute atomic E-state index is 12.5. The number of aromatic nitrogens is 2. The Kier molecular flexibility index (Phi) is 8.95. The topological polar surface area (TPSA) is 68.0 Å². The first-order valence-electron chi connectivity index (χ1n) is 11.9. The van der Waals surface area contributed by atoms with Crippen molar-refractivity contribution in [2.45, 2.75) is 69.9 Å². The van der Waals surface area contributed by atoms with Gasteiger partial charge in [0.05, 0.1) is 48.4 Å². The van der Waals surface area contributed by atoms with Crippen LogP contribution in [0.25, 0.3) is 0 Å². The van der Waals surface area contributed by atoms with Crippen molar-refractivity contribution in [1.82, 2.24) is 9.97 Å². The Balaban J connectivity index is 1.49. The van der Waals surface area contributed by atoms with Gasteiger partial charge in [-0.25, -0.2) is 9.97 Å². The van der Waals surface area contributed by atoms with Crippen molar-refractivity contribution in [3.8, 4) is 0 Å². The lowest BCUT2D eigenvalue weighted by molar-refractivity contribution is -0.936. The normalized spacial score (nSPS) is 12.2. The zero-order chi connectivity index (χ0) is 24.8. The molecule has 2 aromatic heterocycles. The lowest BCUT2D eigenvalue weighted by Gasteiger charge is -2.35. The summed E-state index contributed by atoms with van der Waals surface area (Å²) in [5, 5.41) is 3.54. The maximum atomic E-state index is 12.5. The molecule has 3 aromatic rings. The number of rotatable bonds is 11. The SMILES string of the molecule is CC[N+](CC)(CC)Cc1ccc(CC(=O)Nc2ncc(SCc3ncc(C(C)(C)C)o3)s2)cc1. The summed E-state index contributed by atoms with van der Waals surface area (Å²) in [4.78, 5) is 21.3. The molecule has 1 N–H and O–H groups in total. The number of thiazole rings is 1. The van der Waals surface area contributed by atoms with Crippen LogP contribution in [0.2, 0.25) is 0 Å². The largest absolute Gasteiger partial charge is 0.444 e. The van der Waals surface area contributed by atoms with Gasteiger partial charge in [0.25, 0.3) is 0 Å². The molecular weight excluding hydrogens is 464 g/mol. The first-order chi connectivity index (χ1) is 16.2. The number of carbonyl (C=O) groups is 1. The lowest BCUT2D eigenvalue weighted by atomic mass is 9.94. The van der Waals surface area contributed by atoms with Crippen LogP contribution >= 0.6 is 23.1 Å². The zero-order valence-electron chi connectivity index (χ0n) is 21.2. The lowest BCUT2D eigenvalue weighted by Crippen LogP contribution is -2.46. The van der Waals surface area contributed by atoms with Gasteiger partial charge in [0.1, 0.15) is 12.3 Å². The number of thioether (sulfide) groups is 1. The van der Waals surface area contributed by atoms with Crippen molar-refractivity contribution >= 4 is 34.1 Å². The Morgan fingerprint density at radius 1 is 1.03 bits per heavy atom. The highest BCUT2D eigenvalue weighted by atomic mass is 32.2. The van der Waals surface area contributed by atoms with Crippen LogP contribution in [0.4, 0.5) is 5.13 Å². The summed E-state index contributed by atoms with van der Waals surface area (Å²) >= 11 is 3.08.